The summed E-state index contributed by atoms with van der Waals surface area (Å²) in [5, 5.41) is 31.8. The van der Waals surface area contributed by atoms with Gasteiger partial charge in [0.1, 0.15) is 11.6 Å². The van der Waals surface area contributed by atoms with E-state index < -0.39 is 10.8 Å². The highest BCUT2D eigenvalue weighted by Crippen LogP contribution is 2.44. The second-order valence-corrected chi connectivity index (χ2v) is 6.80. The molecular formula is C22H15N5O3. The number of ether oxygens (including phenoxy) is 1. The van der Waals surface area contributed by atoms with E-state index in [1.165, 1.54) is 18.2 Å². The maximum Gasteiger partial charge on any atom is 0.269 e. The van der Waals surface area contributed by atoms with E-state index in [1.54, 1.807) is 6.07 Å². The van der Waals surface area contributed by atoms with E-state index >= 15 is 0 Å². The van der Waals surface area contributed by atoms with Gasteiger partial charge in [0.05, 0.1) is 22.5 Å². The number of hydrogen-bond donors (Lipinski definition) is 1. The average Bonchev–Trinajstić information content (AvgIpc) is 3.09. The quantitative estimate of drug-likeness (QED) is 0.528. The molecule has 0 saturated carbocycles. The summed E-state index contributed by atoms with van der Waals surface area (Å²) in [6.07, 6.45) is 1.83. The van der Waals surface area contributed by atoms with Gasteiger partial charge >= 0.3 is 0 Å². The minimum absolute atomic E-state index is 0.0380. The van der Waals surface area contributed by atoms with Gasteiger partial charge in [0.25, 0.3) is 5.69 Å². The molecule has 146 valence electrons. The highest BCUT2D eigenvalue weighted by molar-refractivity contribution is 5.94. The Hall–Kier alpha value is -4.56. The third-order valence-corrected chi connectivity index (χ3v) is 5.10. The fourth-order valence-electron chi connectivity index (χ4n) is 3.75. The molecule has 30 heavy (non-hydrogen) atoms. The topological polar surface area (TPSA) is 131 Å². The van der Waals surface area contributed by atoms with E-state index in [0.29, 0.717) is 11.1 Å². The smallest absolute Gasteiger partial charge is 0.269 e. The third-order valence-electron chi connectivity index (χ3n) is 5.10. The summed E-state index contributed by atoms with van der Waals surface area (Å²) in [5.74, 6) is -0.763. The number of nitriles is 2. The van der Waals surface area contributed by atoms with Gasteiger partial charge in [-0.2, -0.15) is 10.5 Å². The van der Waals surface area contributed by atoms with Gasteiger partial charge in [-0.15, -0.1) is 0 Å². The van der Waals surface area contributed by atoms with Crippen molar-refractivity contribution >= 4 is 22.3 Å². The van der Waals surface area contributed by atoms with Gasteiger partial charge in [-0.1, -0.05) is 30.3 Å². The van der Waals surface area contributed by atoms with Gasteiger partial charge in [0.2, 0.25) is 5.88 Å². The van der Waals surface area contributed by atoms with Gasteiger partial charge in [-0.3, -0.25) is 10.1 Å². The van der Waals surface area contributed by atoms with Crippen molar-refractivity contribution < 1.29 is 9.66 Å². The monoisotopic (exact) mass is 397 g/mol. The Kier molecular flexibility index (Phi) is 4.46. The number of allylic oxidation sites excluding steroid dienone is 2. The summed E-state index contributed by atoms with van der Waals surface area (Å²) < 4.78 is 7.68. The second-order valence-electron chi connectivity index (χ2n) is 6.80. The Labute approximate surface area is 171 Å². The van der Waals surface area contributed by atoms with E-state index in [-0.39, 0.29) is 28.5 Å². The summed E-state index contributed by atoms with van der Waals surface area (Å²) >= 11 is 0. The van der Waals surface area contributed by atoms with Crippen molar-refractivity contribution in [1.29, 1.82) is 10.5 Å². The van der Waals surface area contributed by atoms with Crippen molar-refractivity contribution in [3.63, 3.8) is 0 Å². The first-order valence-electron chi connectivity index (χ1n) is 8.97. The molecule has 0 spiro atoms. The number of para-hydroxylation sites is 1. The predicted molar refractivity (Wildman–Crippen MR) is 109 cm³/mol. The maximum atomic E-state index is 11.2. The number of fused-ring (bicyclic) bond motifs is 1. The number of benzene rings is 2. The van der Waals surface area contributed by atoms with Gasteiger partial charge in [-0.05, 0) is 11.6 Å². The number of nitro benzene ring substituents is 1. The molecule has 2 aromatic carbocycles. The summed E-state index contributed by atoms with van der Waals surface area (Å²) in [6, 6.07) is 17.6. The predicted octanol–water partition coefficient (Wildman–Crippen LogP) is 3.83. The fourth-order valence-corrected chi connectivity index (χ4v) is 3.75. The molecule has 4 rings (SSSR count). The van der Waals surface area contributed by atoms with Crippen LogP contribution in [0, 0.1) is 32.8 Å². The zero-order valence-electron chi connectivity index (χ0n) is 15.9. The first-order chi connectivity index (χ1) is 14.5. The number of nitro groups is 1. The molecule has 0 saturated heterocycles. The van der Waals surface area contributed by atoms with Crippen molar-refractivity contribution in [1.82, 2.24) is 4.57 Å². The van der Waals surface area contributed by atoms with Gasteiger partial charge in [-0.25, -0.2) is 0 Å². The van der Waals surface area contributed by atoms with E-state index in [1.807, 2.05) is 48.1 Å². The molecule has 0 radical (unpaired) electrons. The molecule has 1 atom stereocenters. The Bertz CT molecular complexity index is 1350. The van der Waals surface area contributed by atoms with Crippen LogP contribution in [0.5, 0.6) is 0 Å². The average molecular weight is 397 g/mol. The summed E-state index contributed by atoms with van der Waals surface area (Å²) in [7, 11) is 1.87. The van der Waals surface area contributed by atoms with Crippen molar-refractivity contribution in [2.45, 2.75) is 5.92 Å². The van der Waals surface area contributed by atoms with Crippen LogP contribution >= 0.6 is 0 Å². The normalized spacial score (nSPS) is 16.2. The second kappa shape index (κ2) is 7.12. The van der Waals surface area contributed by atoms with Crippen LogP contribution in [0.3, 0.4) is 0 Å². The first kappa shape index (κ1) is 18.8. The van der Waals surface area contributed by atoms with Crippen molar-refractivity contribution in [3.05, 3.63) is 93.0 Å². The molecule has 0 fully saturated rings. The molecule has 0 amide bonds. The lowest BCUT2D eigenvalue weighted by molar-refractivity contribution is -0.384. The van der Waals surface area contributed by atoms with Crippen molar-refractivity contribution in [2.24, 2.45) is 12.8 Å². The largest absolute Gasteiger partial charge is 0.439 e. The lowest BCUT2D eigenvalue weighted by Crippen LogP contribution is -2.20. The number of nitrogens with zero attached hydrogens (tertiary/aromatic N) is 4. The van der Waals surface area contributed by atoms with Crippen LogP contribution < -0.4 is 5.73 Å². The minimum atomic E-state index is -0.873. The molecule has 8 heteroatoms. The number of non-ortho nitro benzene ring substituents is 1. The number of hydrogen-bond acceptors (Lipinski definition) is 6. The minimum Gasteiger partial charge on any atom is -0.439 e. The summed E-state index contributed by atoms with van der Waals surface area (Å²) in [6.45, 7) is 0. The Balaban J connectivity index is 2.00. The van der Waals surface area contributed by atoms with Crippen LogP contribution in [0.25, 0.3) is 16.7 Å². The number of aromatic nitrogens is 1. The number of rotatable bonds is 3. The highest BCUT2D eigenvalue weighted by atomic mass is 16.6. The Morgan fingerprint density at radius 2 is 1.87 bits per heavy atom. The number of nitrogens with two attached hydrogens (primary N) is 1. The summed E-state index contributed by atoms with van der Waals surface area (Å²) in [5.41, 5.74) is 8.13. The molecule has 1 aliphatic heterocycles. The van der Waals surface area contributed by atoms with Crippen molar-refractivity contribution in [3.8, 4) is 12.1 Å². The Morgan fingerprint density at radius 1 is 1.13 bits per heavy atom. The van der Waals surface area contributed by atoms with Crippen molar-refractivity contribution in [2.75, 3.05) is 0 Å². The third kappa shape index (κ3) is 2.84. The standard InChI is InChI=1S/C22H15N5O3/c1-26-12-18(15-7-2-3-8-19(15)26)21-16(10-23)20(17(11-24)22(25)30-21)13-5-4-6-14(9-13)27(28)29/h2-9,12,20H,25H2,1H3. The van der Waals surface area contributed by atoms with Crippen LogP contribution in [0.4, 0.5) is 5.69 Å². The molecule has 0 bridgehead atoms. The van der Waals surface area contributed by atoms with Crippen LogP contribution in [0.2, 0.25) is 0 Å². The van der Waals surface area contributed by atoms with Crippen LogP contribution in [-0.4, -0.2) is 9.49 Å². The highest BCUT2D eigenvalue weighted by Gasteiger charge is 2.35. The zero-order chi connectivity index (χ0) is 21.4. The SMILES string of the molecule is Cn1cc(C2=C(C#N)C(c3cccc([N+](=O)[O-])c3)C(C#N)=C(N)O2)c2ccccc21. The van der Waals surface area contributed by atoms with E-state index in [2.05, 4.69) is 6.07 Å². The molecule has 1 aromatic heterocycles. The lowest BCUT2D eigenvalue weighted by Gasteiger charge is -2.25. The van der Waals surface area contributed by atoms with E-state index in [0.717, 1.165) is 10.9 Å². The van der Waals surface area contributed by atoms with Crippen LogP contribution in [-0.2, 0) is 11.8 Å². The first-order valence-corrected chi connectivity index (χ1v) is 8.97. The molecule has 2 N–H and O–H groups in total. The fraction of sp³-hybridized carbons (Fsp3) is 0.0909. The van der Waals surface area contributed by atoms with Crippen LogP contribution in [0.15, 0.2) is 71.8 Å². The Morgan fingerprint density at radius 3 is 2.57 bits per heavy atom. The molecular weight excluding hydrogens is 382 g/mol. The molecule has 8 nitrogen and oxygen atoms in total. The van der Waals surface area contributed by atoms with E-state index in [9.17, 15) is 20.6 Å². The number of aryl methyl sites for hydroxylation is 1. The lowest BCUT2D eigenvalue weighted by atomic mass is 9.82. The van der Waals surface area contributed by atoms with Gasteiger partial charge in [0.15, 0.2) is 5.76 Å². The maximum absolute atomic E-state index is 11.2. The molecule has 3 aromatic rings. The molecule has 2 heterocycles. The van der Waals surface area contributed by atoms with Gasteiger partial charge < -0.3 is 15.0 Å². The molecule has 1 unspecified atom stereocenters. The molecule has 0 aliphatic carbocycles. The van der Waals surface area contributed by atoms with Gasteiger partial charge in [0, 0.05) is 41.8 Å². The van der Waals surface area contributed by atoms with E-state index in [4.69, 9.17) is 10.5 Å². The molecule has 1 aliphatic rings. The summed E-state index contributed by atoms with van der Waals surface area (Å²) in [4.78, 5) is 10.7. The zero-order valence-corrected chi connectivity index (χ0v) is 15.9. The van der Waals surface area contributed by atoms with Crippen LogP contribution in [0.1, 0.15) is 17.0 Å².